The standard InChI is InChI=1S/C21H24BrN5O2/c1-12-8-15(9-16(18(12)22)20(28)29-3)25-21-24-11-13(2)19(27-21)26-17-7-5-4-6-14(17)10-23/h8-9,11,14,17H,4-7H2,1-3H3,(H2,24,25,26,27). The molecule has 1 aliphatic rings. The minimum atomic E-state index is -0.421. The zero-order valence-electron chi connectivity index (χ0n) is 16.8. The highest BCUT2D eigenvalue weighted by Crippen LogP contribution is 2.29. The lowest BCUT2D eigenvalue weighted by atomic mass is 9.85. The minimum absolute atomic E-state index is 0.00809. The van der Waals surface area contributed by atoms with Crippen LogP contribution in [0.25, 0.3) is 0 Å². The summed E-state index contributed by atoms with van der Waals surface area (Å²) in [5.74, 6) is 0.707. The van der Waals surface area contributed by atoms with Crippen molar-refractivity contribution in [2.24, 2.45) is 5.92 Å². The molecule has 1 fully saturated rings. The molecule has 1 aromatic carbocycles. The van der Waals surface area contributed by atoms with Crippen LogP contribution in [0.1, 0.15) is 47.2 Å². The Labute approximate surface area is 179 Å². The van der Waals surface area contributed by atoms with E-state index in [4.69, 9.17) is 4.74 Å². The van der Waals surface area contributed by atoms with Crippen LogP contribution in [0.5, 0.6) is 0 Å². The highest BCUT2D eigenvalue weighted by molar-refractivity contribution is 9.10. The van der Waals surface area contributed by atoms with Crippen LogP contribution >= 0.6 is 15.9 Å². The Morgan fingerprint density at radius 2 is 2.03 bits per heavy atom. The first-order valence-electron chi connectivity index (χ1n) is 9.58. The summed E-state index contributed by atoms with van der Waals surface area (Å²) in [6.07, 6.45) is 5.82. The van der Waals surface area contributed by atoms with Gasteiger partial charge in [-0.25, -0.2) is 9.78 Å². The zero-order valence-corrected chi connectivity index (χ0v) is 18.3. The number of hydrogen-bond donors (Lipinski definition) is 2. The number of halogens is 1. The number of methoxy groups -OCH3 is 1. The van der Waals surface area contributed by atoms with E-state index in [9.17, 15) is 10.1 Å². The second-order valence-electron chi connectivity index (χ2n) is 7.27. The Morgan fingerprint density at radius 1 is 1.28 bits per heavy atom. The van der Waals surface area contributed by atoms with Gasteiger partial charge in [0.2, 0.25) is 5.95 Å². The summed E-state index contributed by atoms with van der Waals surface area (Å²) in [7, 11) is 1.35. The third-order valence-electron chi connectivity index (χ3n) is 5.14. The predicted octanol–water partition coefficient (Wildman–Crippen LogP) is 4.88. The maximum Gasteiger partial charge on any atom is 0.339 e. The second-order valence-corrected chi connectivity index (χ2v) is 8.06. The first-order chi connectivity index (χ1) is 13.9. The number of aromatic nitrogens is 2. The van der Waals surface area contributed by atoms with Crippen molar-refractivity contribution in [3.8, 4) is 6.07 Å². The Bertz CT molecular complexity index is 957. The number of carbonyl (C=O) groups is 1. The molecular weight excluding hydrogens is 434 g/mol. The molecule has 0 amide bonds. The minimum Gasteiger partial charge on any atom is -0.465 e. The highest BCUT2D eigenvalue weighted by atomic mass is 79.9. The van der Waals surface area contributed by atoms with Gasteiger partial charge in [-0.3, -0.25) is 0 Å². The van der Waals surface area contributed by atoms with Gasteiger partial charge in [0, 0.05) is 28.0 Å². The topological polar surface area (TPSA) is 99.9 Å². The van der Waals surface area contributed by atoms with E-state index < -0.39 is 5.97 Å². The molecule has 2 atom stereocenters. The van der Waals surface area contributed by atoms with E-state index in [-0.39, 0.29) is 12.0 Å². The van der Waals surface area contributed by atoms with Crippen molar-refractivity contribution in [3.05, 3.63) is 39.5 Å². The van der Waals surface area contributed by atoms with Crippen LogP contribution in [0.2, 0.25) is 0 Å². The van der Waals surface area contributed by atoms with Crippen molar-refractivity contribution in [3.63, 3.8) is 0 Å². The normalized spacial score (nSPS) is 18.6. The van der Waals surface area contributed by atoms with E-state index in [1.54, 1.807) is 12.3 Å². The van der Waals surface area contributed by atoms with Crippen LogP contribution in [0, 0.1) is 31.1 Å². The van der Waals surface area contributed by atoms with Gasteiger partial charge in [-0.1, -0.05) is 12.8 Å². The summed E-state index contributed by atoms with van der Waals surface area (Å²) in [6.45, 7) is 3.84. The van der Waals surface area contributed by atoms with Crippen molar-refractivity contribution in [1.29, 1.82) is 5.26 Å². The predicted molar refractivity (Wildman–Crippen MR) is 115 cm³/mol. The average Bonchev–Trinajstić information content (AvgIpc) is 2.72. The summed E-state index contributed by atoms with van der Waals surface area (Å²) >= 11 is 3.43. The van der Waals surface area contributed by atoms with E-state index >= 15 is 0 Å². The van der Waals surface area contributed by atoms with E-state index in [1.165, 1.54) is 7.11 Å². The van der Waals surface area contributed by atoms with E-state index in [1.807, 2.05) is 19.9 Å². The molecule has 0 aliphatic heterocycles. The van der Waals surface area contributed by atoms with Gasteiger partial charge >= 0.3 is 5.97 Å². The zero-order chi connectivity index (χ0) is 21.0. The monoisotopic (exact) mass is 457 g/mol. The van der Waals surface area contributed by atoms with Gasteiger partial charge < -0.3 is 15.4 Å². The number of nitrogens with one attached hydrogen (secondary N) is 2. The number of anilines is 3. The number of esters is 1. The van der Waals surface area contributed by atoms with E-state index in [0.29, 0.717) is 21.7 Å². The van der Waals surface area contributed by atoms with Gasteiger partial charge in [0.15, 0.2) is 0 Å². The average molecular weight is 458 g/mol. The number of rotatable bonds is 5. The molecule has 0 radical (unpaired) electrons. The largest absolute Gasteiger partial charge is 0.465 e. The molecule has 0 spiro atoms. The molecule has 152 valence electrons. The maximum absolute atomic E-state index is 12.0. The third-order valence-corrected chi connectivity index (χ3v) is 6.19. The summed E-state index contributed by atoms with van der Waals surface area (Å²) < 4.78 is 5.55. The smallest absolute Gasteiger partial charge is 0.339 e. The maximum atomic E-state index is 12.0. The molecule has 1 heterocycles. The highest BCUT2D eigenvalue weighted by Gasteiger charge is 2.25. The third kappa shape index (κ3) is 4.85. The van der Waals surface area contributed by atoms with Crippen LogP contribution in [-0.2, 0) is 4.74 Å². The molecule has 1 aliphatic carbocycles. The fourth-order valence-corrected chi connectivity index (χ4v) is 3.90. The Hall–Kier alpha value is -2.66. The molecule has 1 aromatic heterocycles. The second kappa shape index (κ2) is 9.23. The SMILES string of the molecule is COC(=O)c1cc(Nc2ncc(C)c(NC3CCCCC3C#N)n2)cc(C)c1Br. The fourth-order valence-electron chi connectivity index (χ4n) is 3.51. The van der Waals surface area contributed by atoms with Gasteiger partial charge in [-0.2, -0.15) is 10.2 Å². The van der Waals surface area contributed by atoms with Gasteiger partial charge in [-0.05, 0) is 60.3 Å². The molecule has 2 N–H and O–H groups in total. The number of aryl methyl sites for hydroxylation is 2. The quantitative estimate of drug-likeness (QED) is 0.616. The molecule has 3 rings (SSSR count). The van der Waals surface area contributed by atoms with Gasteiger partial charge in [0.05, 0.1) is 24.7 Å². The molecule has 7 nitrogen and oxygen atoms in total. The number of carbonyl (C=O) groups excluding carboxylic acids is 1. The first-order valence-corrected chi connectivity index (χ1v) is 10.4. The number of nitriles is 1. The van der Waals surface area contributed by atoms with Crippen molar-refractivity contribution < 1.29 is 9.53 Å². The summed E-state index contributed by atoms with van der Waals surface area (Å²) in [6, 6.07) is 6.11. The Morgan fingerprint density at radius 3 is 2.76 bits per heavy atom. The number of nitrogens with zero attached hydrogens (tertiary/aromatic N) is 3. The Kier molecular flexibility index (Phi) is 6.70. The lowest BCUT2D eigenvalue weighted by Crippen LogP contribution is -2.32. The number of ether oxygens (including phenoxy) is 1. The fraction of sp³-hybridized carbons (Fsp3) is 0.429. The summed E-state index contributed by atoms with van der Waals surface area (Å²) in [5, 5.41) is 16.0. The lowest BCUT2D eigenvalue weighted by molar-refractivity contribution is 0.0599. The molecule has 2 aromatic rings. The Balaban J connectivity index is 1.84. The summed E-state index contributed by atoms with van der Waals surface area (Å²) in [4.78, 5) is 21.0. The van der Waals surface area contributed by atoms with Crippen molar-refractivity contribution in [1.82, 2.24) is 9.97 Å². The van der Waals surface area contributed by atoms with Gasteiger partial charge in [0.25, 0.3) is 0 Å². The van der Waals surface area contributed by atoms with Crippen molar-refractivity contribution >= 4 is 39.4 Å². The van der Waals surface area contributed by atoms with E-state index in [2.05, 4.69) is 42.6 Å². The number of hydrogen-bond acceptors (Lipinski definition) is 7. The molecule has 0 saturated heterocycles. The molecule has 1 saturated carbocycles. The molecule has 0 bridgehead atoms. The first kappa shape index (κ1) is 21.1. The molecule has 2 unspecified atom stereocenters. The van der Waals surface area contributed by atoms with Crippen molar-refractivity contribution in [2.45, 2.75) is 45.6 Å². The summed E-state index contributed by atoms with van der Waals surface area (Å²) in [5.41, 5.74) is 2.92. The number of benzene rings is 1. The lowest BCUT2D eigenvalue weighted by Gasteiger charge is -2.28. The van der Waals surface area contributed by atoms with Crippen LogP contribution in [0.3, 0.4) is 0 Å². The van der Waals surface area contributed by atoms with Crippen LogP contribution in [0.15, 0.2) is 22.8 Å². The van der Waals surface area contributed by atoms with Crippen LogP contribution < -0.4 is 10.6 Å². The van der Waals surface area contributed by atoms with Gasteiger partial charge in [0.1, 0.15) is 5.82 Å². The van der Waals surface area contributed by atoms with Crippen molar-refractivity contribution in [2.75, 3.05) is 17.7 Å². The van der Waals surface area contributed by atoms with Crippen LogP contribution in [0.4, 0.5) is 17.5 Å². The molecule has 29 heavy (non-hydrogen) atoms. The van der Waals surface area contributed by atoms with E-state index in [0.717, 1.165) is 42.6 Å². The molecule has 8 heteroatoms. The van der Waals surface area contributed by atoms with Gasteiger partial charge in [-0.15, -0.1) is 0 Å². The van der Waals surface area contributed by atoms with Crippen LogP contribution in [-0.4, -0.2) is 29.1 Å². The molecular formula is C21H24BrN5O2.